The highest BCUT2D eigenvalue weighted by atomic mass is 35.5. The lowest BCUT2D eigenvalue weighted by atomic mass is 9.86. The molecule has 1 atom stereocenters. The number of likely N-dealkylation sites (tertiary alicyclic amines) is 3. The van der Waals surface area contributed by atoms with Gasteiger partial charge in [-0.05, 0) is 56.5 Å². The zero-order chi connectivity index (χ0) is 38.0. The van der Waals surface area contributed by atoms with E-state index in [0.29, 0.717) is 75.9 Å². The number of nitrogens with zero attached hydrogens (tertiary/aromatic N) is 6. The van der Waals surface area contributed by atoms with Crippen molar-refractivity contribution < 1.29 is 18.7 Å². The molecule has 6 heterocycles. The van der Waals surface area contributed by atoms with Crippen LogP contribution in [-0.2, 0) is 22.7 Å². The number of hydrogen-bond donors (Lipinski definition) is 2. The number of hydrogen-bond acceptors (Lipinski definition) is 9. The molecular weight excluding hydrogens is 730 g/mol. The van der Waals surface area contributed by atoms with E-state index in [4.69, 9.17) is 32.9 Å². The maximum Gasteiger partial charge on any atom is 0.219 e. The van der Waals surface area contributed by atoms with Crippen molar-refractivity contribution in [3.05, 3.63) is 81.8 Å². The third-order valence-corrected chi connectivity index (χ3v) is 11.9. The zero-order valence-electron chi connectivity index (χ0n) is 30.8. The van der Waals surface area contributed by atoms with E-state index in [-0.39, 0.29) is 29.1 Å². The minimum atomic E-state index is -0.475. The second-order valence-electron chi connectivity index (χ2n) is 14.6. The summed E-state index contributed by atoms with van der Waals surface area (Å²) in [6, 6.07) is 13.0. The van der Waals surface area contributed by atoms with Crippen LogP contribution in [0.25, 0.3) is 22.5 Å². The summed E-state index contributed by atoms with van der Waals surface area (Å²) in [5, 5.41) is 7.18. The molecular formula is C40H45Cl2FN8O3. The van der Waals surface area contributed by atoms with Gasteiger partial charge >= 0.3 is 0 Å². The van der Waals surface area contributed by atoms with Crippen LogP contribution in [0.2, 0.25) is 10.0 Å². The predicted molar refractivity (Wildman–Crippen MR) is 208 cm³/mol. The maximum atomic E-state index is 15.7. The summed E-state index contributed by atoms with van der Waals surface area (Å²) in [4.78, 5) is 43.5. The van der Waals surface area contributed by atoms with Crippen molar-refractivity contribution in [1.82, 2.24) is 35.0 Å². The normalized spacial score (nSPS) is 19.1. The number of amides is 2. The first kappa shape index (κ1) is 37.9. The molecule has 1 spiro atoms. The van der Waals surface area contributed by atoms with E-state index in [0.717, 1.165) is 57.4 Å². The van der Waals surface area contributed by atoms with E-state index in [1.165, 1.54) is 0 Å². The lowest BCUT2D eigenvalue weighted by molar-refractivity contribution is -0.130. The van der Waals surface area contributed by atoms with E-state index >= 15 is 4.39 Å². The average Bonchev–Trinajstić information content (AvgIpc) is 3.78. The number of carbonyl (C=O) groups excluding carboxylic acids is 2. The summed E-state index contributed by atoms with van der Waals surface area (Å²) in [5.41, 5.74) is 4.35. The second kappa shape index (κ2) is 16.2. The first-order chi connectivity index (χ1) is 26.0. The lowest BCUT2D eigenvalue weighted by Gasteiger charge is -2.31. The van der Waals surface area contributed by atoms with Gasteiger partial charge in [0.15, 0.2) is 11.6 Å². The topological polar surface area (TPSA) is 116 Å². The van der Waals surface area contributed by atoms with Crippen molar-refractivity contribution in [3.8, 4) is 28.4 Å². The number of halogens is 3. The fraction of sp³-hybridized carbons (Fsp3) is 0.425. The number of piperidine rings is 1. The van der Waals surface area contributed by atoms with E-state index in [2.05, 4.69) is 25.5 Å². The summed E-state index contributed by atoms with van der Waals surface area (Å²) in [7, 11) is 1.62. The minimum Gasteiger partial charge on any atom is -0.481 e. The number of rotatable bonds is 10. The maximum absolute atomic E-state index is 15.7. The number of aromatic nitrogens is 3. The molecule has 2 amide bonds. The molecule has 54 heavy (non-hydrogen) atoms. The standard InChI is InChI=1S/C40H45Cl2FN8O3/c1-25(52)50-17-11-29(12-18-50)46-21-27-9-15-45-38(36(27)43)47-33-6-4-5-31(34(33)41)37-35(42)30(10-16-44-37)32-8-7-28(39(48-32)54-3)22-49-19-13-40(23-49)14-20-51(24-40)26(2)53/h4-10,15-16,29,46H,11-14,17-24H2,1-3H3,(H,45,47)/t40-/m0/s1. The van der Waals surface area contributed by atoms with Crippen LogP contribution in [0.5, 0.6) is 5.88 Å². The van der Waals surface area contributed by atoms with E-state index in [9.17, 15) is 9.59 Å². The zero-order valence-corrected chi connectivity index (χ0v) is 32.3. The summed E-state index contributed by atoms with van der Waals surface area (Å²) in [6.07, 6.45) is 6.96. The van der Waals surface area contributed by atoms with E-state index in [1.54, 1.807) is 57.6 Å². The molecule has 3 aliphatic heterocycles. The summed E-state index contributed by atoms with van der Waals surface area (Å²) < 4.78 is 21.5. The van der Waals surface area contributed by atoms with Crippen LogP contribution in [0.3, 0.4) is 0 Å². The third-order valence-electron chi connectivity index (χ3n) is 11.1. The molecule has 3 aromatic heterocycles. The molecule has 0 unspecified atom stereocenters. The molecule has 0 aliphatic carbocycles. The first-order valence-corrected chi connectivity index (χ1v) is 19.1. The highest BCUT2D eigenvalue weighted by Gasteiger charge is 2.44. The highest BCUT2D eigenvalue weighted by molar-refractivity contribution is 6.39. The molecule has 0 saturated carbocycles. The minimum absolute atomic E-state index is 0.0503. The molecule has 3 aliphatic rings. The average molecular weight is 776 g/mol. The lowest BCUT2D eigenvalue weighted by Crippen LogP contribution is -2.44. The predicted octanol–water partition coefficient (Wildman–Crippen LogP) is 6.95. The Kier molecular flexibility index (Phi) is 11.4. The smallest absolute Gasteiger partial charge is 0.219 e. The number of nitrogens with one attached hydrogen (secondary N) is 2. The van der Waals surface area contributed by atoms with Gasteiger partial charge in [0.05, 0.1) is 34.2 Å². The number of methoxy groups -OCH3 is 1. The van der Waals surface area contributed by atoms with Crippen molar-refractivity contribution >= 4 is 46.5 Å². The van der Waals surface area contributed by atoms with Crippen LogP contribution in [0.4, 0.5) is 15.9 Å². The first-order valence-electron chi connectivity index (χ1n) is 18.4. The molecule has 284 valence electrons. The van der Waals surface area contributed by atoms with Crippen LogP contribution in [-0.4, -0.2) is 93.9 Å². The Balaban J connectivity index is 1.05. The molecule has 0 radical (unpaired) electrons. The van der Waals surface area contributed by atoms with Gasteiger partial charge in [-0.25, -0.2) is 14.4 Å². The third kappa shape index (κ3) is 8.02. The van der Waals surface area contributed by atoms with Crippen LogP contribution >= 0.6 is 23.2 Å². The number of ether oxygens (including phenoxy) is 1. The Bertz CT molecular complexity index is 2040. The largest absolute Gasteiger partial charge is 0.481 e. The molecule has 4 aromatic rings. The SMILES string of the molecule is COc1nc(-c2ccnc(-c3cccc(Nc4nccc(CNC5CCN(C(C)=O)CC5)c4F)c3Cl)c2Cl)ccc1CN1CC[C@]2(CCN(C(C)=O)C2)C1. The fourth-order valence-corrected chi connectivity index (χ4v) is 8.56. The van der Waals surface area contributed by atoms with Gasteiger partial charge in [-0.1, -0.05) is 41.4 Å². The van der Waals surface area contributed by atoms with Crippen LogP contribution < -0.4 is 15.4 Å². The van der Waals surface area contributed by atoms with E-state index in [1.807, 2.05) is 28.0 Å². The molecule has 3 fully saturated rings. The number of benzene rings is 1. The van der Waals surface area contributed by atoms with Gasteiger partial charge in [0.25, 0.3) is 0 Å². The Hall–Kier alpha value is -4.36. The summed E-state index contributed by atoms with van der Waals surface area (Å²) in [6.45, 7) is 9.18. The Labute approximate surface area is 325 Å². The summed E-state index contributed by atoms with van der Waals surface area (Å²) >= 11 is 14.0. The highest BCUT2D eigenvalue weighted by Crippen LogP contribution is 2.42. The van der Waals surface area contributed by atoms with Crippen molar-refractivity contribution in [2.24, 2.45) is 5.41 Å². The Morgan fingerprint density at radius 3 is 2.39 bits per heavy atom. The van der Waals surface area contributed by atoms with Gasteiger partial charge in [-0.15, -0.1) is 0 Å². The fourth-order valence-electron chi connectivity index (χ4n) is 7.99. The van der Waals surface area contributed by atoms with Crippen molar-refractivity contribution in [2.75, 3.05) is 51.7 Å². The number of pyridine rings is 3. The monoisotopic (exact) mass is 774 g/mol. The molecule has 14 heteroatoms. The van der Waals surface area contributed by atoms with Gasteiger partial charge < -0.3 is 25.2 Å². The number of carbonyl (C=O) groups is 2. The van der Waals surface area contributed by atoms with Crippen molar-refractivity contribution in [3.63, 3.8) is 0 Å². The molecule has 7 rings (SSSR count). The van der Waals surface area contributed by atoms with Crippen molar-refractivity contribution in [2.45, 2.75) is 58.7 Å². The molecule has 3 saturated heterocycles. The summed E-state index contributed by atoms with van der Waals surface area (Å²) in [5.74, 6) is 0.326. The molecule has 2 N–H and O–H groups in total. The van der Waals surface area contributed by atoms with Gasteiger partial charge in [0, 0.05) is 106 Å². The molecule has 1 aromatic carbocycles. The Morgan fingerprint density at radius 1 is 0.889 bits per heavy atom. The Morgan fingerprint density at radius 2 is 1.65 bits per heavy atom. The number of anilines is 2. The van der Waals surface area contributed by atoms with Crippen LogP contribution in [0.15, 0.2) is 54.9 Å². The van der Waals surface area contributed by atoms with Gasteiger partial charge in [0.2, 0.25) is 17.7 Å². The quantitative estimate of drug-likeness (QED) is 0.177. The van der Waals surface area contributed by atoms with Gasteiger partial charge in [0.1, 0.15) is 0 Å². The molecule has 11 nitrogen and oxygen atoms in total. The second-order valence-corrected chi connectivity index (χ2v) is 15.4. The van der Waals surface area contributed by atoms with Gasteiger partial charge in [-0.3, -0.25) is 19.5 Å². The van der Waals surface area contributed by atoms with Gasteiger partial charge in [-0.2, -0.15) is 0 Å². The van der Waals surface area contributed by atoms with Crippen LogP contribution in [0.1, 0.15) is 50.7 Å². The van der Waals surface area contributed by atoms with E-state index < -0.39 is 5.82 Å². The van der Waals surface area contributed by atoms with Crippen LogP contribution in [0, 0.1) is 11.2 Å². The molecule has 0 bridgehead atoms. The van der Waals surface area contributed by atoms with Crippen molar-refractivity contribution in [1.29, 1.82) is 0 Å².